The number of nitrogens with one attached hydrogen (secondary N) is 1. The van der Waals surface area contributed by atoms with Crippen molar-refractivity contribution in [3.8, 4) is 0 Å². The van der Waals surface area contributed by atoms with Gasteiger partial charge >= 0.3 is 5.97 Å². The van der Waals surface area contributed by atoms with Crippen LogP contribution in [0, 0.1) is 13.8 Å². The molecule has 0 bridgehead atoms. The quantitative estimate of drug-likeness (QED) is 0.385. The van der Waals surface area contributed by atoms with Gasteiger partial charge in [-0.15, -0.1) is 0 Å². The summed E-state index contributed by atoms with van der Waals surface area (Å²) in [7, 11) is 0. The molecule has 0 aliphatic rings. The molecule has 0 saturated carbocycles. The average Bonchev–Trinajstić information content (AvgIpc) is 2.67. The van der Waals surface area contributed by atoms with Crippen LogP contribution in [0.5, 0.6) is 0 Å². The zero-order valence-electron chi connectivity index (χ0n) is 16.8. The number of thioether (sulfide) groups is 1. The summed E-state index contributed by atoms with van der Waals surface area (Å²) in [5, 5.41) is 3.32. The maximum Gasteiger partial charge on any atom is 0.306 e. The number of aromatic nitrogens is 2. The fourth-order valence-electron chi connectivity index (χ4n) is 2.66. The summed E-state index contributed by atoms with van der Waals surface area (Å²) in [4.78, 5) is 44.2. The topological polar surface area (TPSA) is 124 Å². The number of carbonyl (C=O) groups is 3. The van der Waals surface area contributed by atoms with E-state index in [1.807, 2.05) is 20.1 Å². The van der Waals surface area contributed by atoms with Gasteiger partial charge in [-0.1, -0.05) is 11.8 Å². The van der Waals surface area contributed by atoms with Crippen molar-refractivity contribution in [1.29, 1.82) is 0 Å². The molecule has 0 saturated heterocycles. The van der Waals surface area contributed by atoms with Crippen LogP contribution >= 0.6 is 11.8 Å². The Morgan fingerprint density at radius 2 is 1.72 bits per heavy atom. The second kappa shape index (κ2) is 10.0. The second-order valence-electron chi connectivity index (χ2n) is 6.42. The van der Waals surface area contributed by atoms with Crippen LogP contribution in [-0.2, 0) is 20.7 Å². The monoisotopic (exact) mass is 416 g/mol. The highest BCUT2D eigenvalue weighted by Gasteiger charge is 2.19. The maximum absolute atomic E-state index is 12.2. The van der Waals surface area contributed by atoms with Crippen LogP contribution in [0.15, 0.2) is 29.4 Å². The number of hydrogen-bond donors (Lipinski definition) is 2. The van der Waals surface area contributed by atoms with Crippen molar-refractivity contribution in [3.05, 3.63) is 46.8 Å². The molecule has 2 rings (SSSR count). The molecule has 0 radical (unpaired) electrons. The van der Waals surface area contributed by atoms with Crippen molar-refractivity contribution in [1.82, 2.24) is 9.97 Å². The molecule has 0 aliphatic heterocycles. The minimum absolute atomic E-state index is 0.120. The number of amides is 2. The van der Waals surface area contributed by atoms with Gasteiger partial charge < -0.3 is 15.8 Å². The number of nitrogens with zero attached hydrogens (tertiary/aromatic N) is 2. The summed E-state index contributed by atoms with van der Waals surface area (Å²) in [6, 6.07) is 6.11. The standard InChI is InChI=1S/C20H24N4O4S/c1-11-16(12(2)23-20(22-11)29-4)9-10-17(25)28-13(3)19(27)24-15-7-5-14(6-8-15)18(21)26/h5-8,13H,9-10H2,1-4H3,(H2,21,26)(H,24,27)/t13-/m0/s1. The van der Waals surface area contributed by atoms with Gasteiger partial charge in [0.1, 0.15) is 0 Å². The van der Waals surface area contributed by atoms with E-state index in [9.17, 15) is 14.4 Å². The van der Waals surface area contributed by atoms with Gasteiger partial charge in [0.25, 0.3) is 5.91 Å². The van der Waals surface area contributed by atoms with Crippen LogP contribution in [0.25, 0.3) is 0 Å². The van der Waals surface area contributed by atoms with Crippen molar-refractivity contribution in [3.63, 3.8) is 0 Å². The number of rotatable bonds is 8. The van der Waals surface area contributed by atoms with Gasteiger partial charge in [0, 0.05) is 29.1 Å². The lowest BCUT2D eigenvalue weighted by molar-refractivity contribution is -0.153. The number of nitrogens with two attached hydrogens (primary N) is 1. The lowest BCUT2D eigenvalue weighted by Gasteiger charge is -2.14. The minimum Gasteiger partial charge on any atom is -0.453 e. The molecule has 0 fully saturated rings. The zero-order chi connectivity index (χ0) is 21.6. The lowest BCUT2D eigenvalue weighted by Crippen LogP contribution is -2.30. The summed E-state index contributed by atoms with van der Waals surface area (Å²) in [5.41, 5.74) is 8.56. The van der Waals surface area contributed by atoms with Gasteiger partial charge in [-0.3, -0.25) is 14.4 Å². The van der Waals surface area contributed by atoms with Gasteiger partial charge in [-0.25, -0.2) is 9.97 Å². The van der Waals surface area contributed by atoms with Crippen LogP contribution in [0.1, 0.15) is 40.7 Å². The van der Waals surface area contributed by atoms with Crippen molar-refractivity contribution in [2.24, 2.45) is 5.73 Å². The highest BCUT2D eigenvalue weighted by molar-refractivity contribution is 7.98. The maximum atomic E-state index is 12.2. The van der Waals surface area contributed by atoms with Gasteiger partial charge in [0.05, 0.1) is 0 Å². The second-order valence-corrected chi connectivity index (χ2v) is 7.20. The Bertz CT molecular complexity index is 892. The first-order valence-corrected chi connectivity index (χ1v) is 10.2. The summed E-state index contributed by atoms with van der Waals surface area (Å²) < 4.78 is 5.22. The summed E-state index contributed by atoms with van der Waals surface area (Å²) in [6.45, 7) is 5.27. The lowest BCUT2D eigenvalue weighted by atomic mass is 10.1. The van der Waals surface area contributed by atoms with Gasteiger partial charge in [-0.2, -0.15) is 0 Å². The number of anilines is 1. The first kappa shape index (κ1) is 22.4. The van der Waals surface area contributed by atoms with Crippen LogP contribution in [0.4, 0.5) is 5.69 Å². The van der Waals surface area contributed by atoms with E-state index in [0.29, 0.717) is 22.8 Å². The summed E-state index contributed by atoms with van der Waals surface area (Å²) in [5.74, 6) is -1.50. The number of aryl methyl sites for hydroxylation is 2. The molecule has 2 aromatic rings. The van der Waals surface area contributed by atoms with E-state index in [2.05, 4.69) is 15.3 Å². The molecule has 0 unspecified atom stereocenters. The largest absolute Gasteiger partial charge is 0.453 e. The van der Waals surface area contributed by atoms with E-state index < -0.39 is 23.9 Å². The summed E-state index contributed by atoms with van der Waals surface area (Å²) in [6.07, 6.45) is 1.50. The minimum atomic E-state index is -0.962. The Balaban J connectivity index is 1.88. The molecule has 0 spiro atoms. The van der Waals surface area contributed by atoms with Crippen molar-refractivity contribution >= 4 is 35.2 Å². The molecule has 2 amide bonds. The third kappa shape index (κ3) is 6.28. The van der Waals surface area contributed by atoms with E-state index >= 15 is 0 Å². The molecule has 0 aliphatic carbocycles. The molecule has 154 valence electrons. The van der Waals surface area contributed by atoms with Crippen LogP contribution < -0.4 is 11.1 Å². The van der Waals surface area contributed by atoms with E-state index in [1.54, 1.807) is 12.1 Å². The predicted octanol–water partition coefficient (Wildman–Crippen LogP) is 2.42. The van der Waals surface area contributed by atoms with Crippen molar-refractivity contribution in [2.75, 3.05) is 11.6 Å². The molecule has 9 heteroatoms. The summed E-state index contributed by atoms with van der Waals surface area (Å²) >= 11 is 1.46. The fraction of sp³-hybridized carbons (Fsp3) is 0.350. The molecule has 1 atom stereocenters. The van der Waals surface area contributed by atoms with Crippen LogP contribution in [-0.4, -0.2) is 40.1 Å². The Labute approximate surface area is 173 Å². The SMILES string of the molecule is CSc1nc(C)c(CCC(=O)O[C@@H](C)C(=O)Nc2ccc(C(N)=O)cc2)c(C)n1. The first-order chi connectivity index (χ1) is 13.7. The zero-order valence-corrected chi connectivity index (χ0v) is 17.6. The number of ether oxygens (including phenoxy) is 1. The normalized spacial score (nSPS) is 11.6. The van der Waals surface area contributed by atoms with E-state index in [-0.39, 0.29) is 6.42 Å². The van der Waals surface area contributed by atoms with Gasteiger partial charge in [-0.05, 0) is 63.3 Å². The number of primary amides is 1. The van der Waals surface area contributed by atoms with E-state index in [1.165, 1.54) is 30.8 Å². The number of carbonyl (C=O) groups excluding carboxylic acids is 3. The molecular formula is C20H24N4O4S. The molecule has 1 aromatic carbocycles. The number of esters is 1. The van der Waals surface area contributed by atoms with Crippen molar-refractivity contribution < 1.29 is 19.1 Å². The predicted molar refractivity (Wildman–Crippen MR) is 111 cm³/mol. The highest BCUT2D eigenvalue weighted by atomic mass is 32.2. The van der Waals surface area contributed by atoms with Gasteiger partial charge in [0.15, 0.2) is 11.3 Å². The Hall–Kier alpha value is -2.94. The number of hydrogen-bond acceptors (Lipinski definition) is 7. The Kier molecular flexibility index (Phi) is 7.72. The van der Waals surface area contributed by atoms with Crippen molar-refractivity contribution in [2.45, 2.75) is 44.9 Å². The molecule has 1 heterocycles. The van der Waals surface area contributed by atoms with Crippen LogP contribution in [0.3, 0.4) is 0 Å². The van der Waals surface area contributed by atoms with Crippen LogP contribution in [0.2, 0.25) is 0 Å². The third-order valence-corrected chi connectivity index (χ3v) is 4.82. The third-order valence-electron chi connectivity index (χ3n) is 4.28. The molecule has 29 heavy (non-hydrogen) atoms. The molecular weight excluding hydrogens is 392 g/mol. The smallest absolute Gasteiger partial charge is 0.306 e. The Morgan fingerprint density at radius 1 is 1.14 bits per heavy atom. The Morgan fingerprint density at radius 3 is 2.24 bits per heavy atom. The van der Waals surface area contributed by atoms with E-state index in [4.69, 9.17) is 10.5 Å². The number of benzene rings is 1. The highest BCUT2D eigenvalue weighted by Crippen LogP contribution is 2.17. The van der Waals surface area contributed by atoms with Gasteiger partial charge in [0.2, 0.25) is 5.91 Å². The molecule has 3 N–H and O–H groups in total. The first-order valence-electron chi connectivity index (χ1n) is 8.99. The fourth-order valence-corrected chi connectivity index (χ4v) is 3.12. The molecule has 8 nitrogen and oxygen atoms in total. The van der Waals surface area contributed by atoms with E-state index in [0.717, 1.165) is 17.0 Å². The molecule has 1 aromatic heterocycles. The average molecular weight is 417 g/mol.